The van der Waals surface area contributed by atoms with Gasteiger partial charge in [0.05, 0.1) is 10.6 Å². The largest absolute Gasteiger partial charge is 0.292 e. The molecule has 1 heterocycles. The Balaban J connectivity index is 2.48. The van der Waals surface area contributed by atoms with Crippen molar-refractivity contribution in [3.8, 4) is 0 Å². The van der Waals surface area contributed by atoms with Crippen molar-refractivity contribution in [3.63, 3.8) is 0 Å². The van der Waals surface area contributed by atoms with E-state index in [1.807, 2.05) is 13.8 Å². The summed E-state index contributed by atoms with van der Waals surface area (Å²) in [4.78, 5) is 12.2. The van der Waals surface area contributed by atoms with Crippen molar-refractivity contribution in [2.75, 3.05) is 0 Å². The molecular formula is C15H17NO3S. The summed E-state index contributed by atoms with van der Waals surface area (Å²) in [5, 5.41) is 0. The Morgan fingerprint density at radius 1 is 1.15 bits per heavy atom. The second-order valence-electron chi connectivity index (χ2n) is 4.68. The van der Waals surface area contributed by atoms with Crippen LogP contribution in [0.3, 0.4) is 0 Å². The van der Waals surface area contributed by atoms with E-state index in [4.69, 9.17) is 0 Å². The second kappa shape index (κ2) is 5.63. The van der Waals surface area contributed by atoms with E-state index < -0.39 is 10.0 Å². The highest BCUT2D eigenvalue weighted by atomic mass is 32.2. The van der Waals surface area contributed by atoms with Crippen LogP contribution in [0.15, 0.2) is 47.5 Å². The standard InChI is InChI=1S/C15H17NO3S/c1-3-5-15(17)14-6-4-11-16(14)20(18,19)13-9-7-12(2)8-10-13/h4,6-11H,3,5H2,1-2H3. The maximum Gasteiger partial charge on any atom is 0.268 e. The first kappa shape index (κ1) is 14.5. The van der Waals surface area contributed by atoms with Crippen LogP contribution in [0.2, 0.25) is 0 Å². The van der Waals surface area contributed by atoms with Crippen LogP contribution >= 0.6 is 0 Å². The molecule has 0 unspecified atom stereocenters. The highest BCUT2D eigenvalue weighted by molar-refractivity contribution is 7.90. The Labute approximate surface area is 119 Å². The molecule has 0 bridgehead atoms. The predicted molar refractivity (Wildman–Crippen MR) is 77.4 cm³/mol. The quantitative estimate of drug-likeness (QED) is 0.796. The third kappa shape index (κ3) is 2.67. The van der Waals surface area contributed by atoms with Gasteiger partial charge in [-0.05, 0) is 37.6 Å². The van der Waals surface area contributed by atoms with Gasteiger partial charge in [0.15, 0.2) is 5.78 Å². The van der Waals surface area contributed by atoms with Gasteiger partial charge in [0.25, 0.3) is 10.0 Å². The van der Waals surface area contributed by atoms with Crippen molar-refractivity contribution >= 4 is 15.8 Å². The molecule has 1 aromatic carbocycles. The second-order valence-corrected chi connectivity index (χ2v) is 6.50. The predicted octanol–water partition coefficient (Wildman–Crippen LogP) is 3.02. The lowest BCUT2D eigenvalue weighted by Gasteiger charge is -2.10. The number of nitrogens with zero attached hydrogens (tertiary/aromatic N) is 1. The lowest BCUT2D eigenvalue weighted by atomic mass is 10.2. The maximum absolute atomic E-state index is 12.5. The summed E-state index contributed by atoms with van der Waals surface area (Å²) in [5.41, 5.74) is 1.20. The smallest absolute Gasteiger partial charge is 0.268 e. The molecule has 2 aromatic rings. The Kier molecular flexibility index (Phi) is 4.09. The molecule has 0 aliphatic rings. The van der Waals surface area contributed by atoms with E-state index in [0.717, 1.165) is 9.54 Å². The Hall–Kier alpha value is -1.88. The molecule has 0 spiro atoms. The summed E-state index contributed by atoms with van der Waals surface area (Å²) >= 11 is 0. The summed E-state index contributed by atoms with van der Waals surface area (Å²) < 4.78 is 26.2. The van der Waals surface area contributed by atoms with Crippen molar-refractivity contribution in [1.82, 2.24) is 3.97 Å². The molecule has 0 atom stereocenters. The van der Waals surface area contributed by atoms with Crippen LogP contribution in [0.4, 0.5) is 0 Å². The molecule has 0 aliphatic heterocycles. The number of hydrogen-bond acceptors (Lipinski definition) is 3. The highest BCUT2D eigenvalue weighted by Gasteiger charge is 2.21. The third-order valence-electron chi connectivity index (χ3n) is 3.05. The van der Waals surface area contributed by atoms with Crippen molar-refractivity contribution in [1.29, 1.82) is 0 Å². The van der Waals surface area contributed by atoms with E-state index in [0.29, 0.717) is 12.8 Å². The van der Waals surface area contributed by atoms with E-state index in [-0.39, 0.29) is 16.4 Å². The summed E-state index contributed by atoms with van der Waals surface area (Å²) in [6, 6.07) is 9.71. The fourth-order valence-electron chi connectivity index (χ4n) is 1.97. The lowest BCUT2D eigenvalue weighted by Crippen LogP contribution is -2.17. The number of Topliss-reactive ketones (excluding diaryl/α,β-unsaturated/α-hetero) is 1. The first-order valence-electron chi connectivity index (χ1n) is 6.49. The Bertz CT molecular complexity index is 712. The minimum atomic E-state index is -3.71. The Morgan fingerprint density at radius 3 is 2.40 bits per heavy atom. The number of carbonyl (C=O) groups is 1. The molecule has 0 fully saturated rings. The van der Waals surface area contributed by atoms with Crippen molar-refractivity contribution in [3.05, 3.63) is 53.9 Å². The first-order chi connectivity index (χ1) is 9.46. The number of benzene rings is 1. The van der Waals surface area contributed by atoms with Gasteiger partial charge in [0.1, 0.15) is 0 Å². The van der Waals surface area contributed by atoms with E-state index in [1.165, 1.54) is 6.20 Å². The average Bonchev–Trinajstić information content (AvgIpc) is 2.89. The summed E-state index contributed by atoms with van der Waals surface area (Å²) in [5.74, 6) is -0.159. The van der Waals surface area contributed by atoms with Gasteiger partial charge in [-0.15, -0.1) is 0 Å². The molecule has 0 aliphatic carbocycles. The van der Waals surface area contributed by atoms with Crippen LogP contribution in [-0.4, -0.2) is 18.2 Å². The van der Waals surface area contributed by atoms with E-state index in [1.54, 1.807) is 36.4 Å². The molecule has 0 saturated carbocycles. The van der Waals surface area contributed by atoms with Crippen LogP contribution < -0.4 is 0 Å². The lowest BCUT2D eigenvalue weighted by molar-refractivity contribution is 0.0976. The fourth-order valence-corrected chi connectivity index (χ4v) is 3.33. The van der Waals surface area contributed by atoms with Crippen LogP contribution in [0.25, 0.3) is 0 Å². The van der Waals surface area contributed by atoms with E-state index >= 15 is 0 Å². The Morgan fingerprint density at radius 2 is 1.80 bits per heavy atom. The van der Waals surface area contributed by atoms with Crippen molar-refractivity contribution in [2.45, 2.75) is 31.6 Å². The molecule has 5 heteroatoms. The molecule has 1 aromatic heterocycles. The van der Waals surface area contributed by atoms with E-state index in [2.05, 4.69) is 0 Å². The third-order valence-corrected chi connectivity index (χ3v) is 4.76. The topological polar surface area (TPSA) is 56.1 Å². The number of ketones is 1. The first-order valence-corrected chi connectivity index (χ1v) is 7.93. The summed E-state index contributed by atoms with van der Waals surface area (Å²) in [7, 11) is -3.71. The molecule has 0 amide bonds. The number of hydrogen-bond donors (Lipinski definition) is 0. The van der Waals surface area contributed by atoms with Gasteiger partial charge in [-0.3, -0.25) is 4.79 Å². The molecular weight excluding hydrogens is 274 g/mol. The summed E-state index contributed by atoms with van der Waals surface area (Å²) in [6.07, 6.45) is 2.44. The fraction of sp³-hybridized carbons (Fsp3) is 0.267. The average molecular weight is 291 g/mol. The van der Waals surface area contributed by atoms with Crippen LogP contribution in [-0.2, 0) is 10.0 Å². The molecule has 2 rings (SSSR count). The number of rotatable bonds is 5. The maximum atomic E-state index is 12.5. The number of aryl methyl sites for hydroxylation is 1. The van der Waals surface area contributed by atoms with Gasteiger partial charge < -0.3 is 0 Å². The van der Waals surface area contributed by atoms with Gasteiger partial charge >= 0.3 is 0 Å². The van der Waals surface area contributed by atoms with Gasteiger partial charge in [0, 0.05) is 12.6 Å². The molecule has 0 saturated heterocycles. The minimum absolute atomic E-state index is 0.159. The SMILES string of the molecule is CCCC(=O)c1cccn1S(=O)(=O)c1ccc(C)cc1. The van der Waals surface area contributed by atoms with Gasteiger partial charge in [-0.25, -0.2) is 12.4 Å². The minimum Gasteiger partial charge on any atom is -0.292 e. The van der Waals surface area contributed by atoms with Gasteiger partial charge in [-0.1, -0.05) is 24.6 Å². The molecule has 106 valence electrons. The zero-order valence-electron chi connectivity index (χ0n) is 11.5. The molecule has 0 radical (unpaired) electrons. The van der Waals surface area contributed by atoms with Crippen LogP contribution in [0.5, 0.6) is 0 Å². The molecule has 20 heavy (non-hydrogen) atoms. The van der Waals surface area contributed by atoms with E-state index in [9.17, 15) is 13.2 Å². The summed E-state index contributed by atoms with van der Waals surface area (Å²) in [6.45, 7) is 3.78. The number of aromatic nitrogens is 1. The van der Waals surface area contributed by atoms with Crippen LogP contribution in [0.1, 0.15) is 35.8 Å². The van der Waals surface area contributed by atoms with Gasteiger partial charge in [-0.2, -0.15) is 0 Å². The molecule has 4 nitrogen and oxygen atoms in total. The van der Waals surface area contributed by atoms with Gasteiger partial charge in [0.2, 0.25) is 0 Å². The van der Waals surface area contributed by atoms with Crippen LogP contribution in [0, 0.1) is 6.92 Å². The normalized spacial score (nSPS) is 11.5. The van der Waals surface area contributed by atoms with Crippen molar-refractivity contribution in [2.24, 2.45) is 0 Å². The van der Waals surface area contributed by atoms with Crippen molar-refractivity contribution < 1.29 is 13.2 Å². The number of carbonyl (C=O) groups excluding carboxylic acids is 1. The highest BCUT2D eigenvalue weighted by Crippen LogP contribution is 2.18. The zero-order valence-corrected chi connectivity index (χ0v) is 12.4. The zero-order chi connectivity index (χ0) is 14.8. The monoisotopic (exact) mass is 291 g/mol. The molecule has 0 N–H and O–H groups in total.